The summed E-state index contributed by atoms with van der Waals surface area (Å²) in [5.74, 6) is 0.580. The number of hydrogen-bond acceptors (Lipinski definition) is 6. The van der Waals surface area contributed by atoms with E-state index < -0.39 is 17.3 Å². The molecule has 7 nitrogen and oxygen atoms in total. The van der Waals surface area contributed by atoms with E-state index in [0.717, 1.165) is 17.3 Å². The first-order valence-corrected chi connectivity index (χ1v) is 9.80. The molecular formula is C20H18ClF3N6O. The molecule has 162 valence electrons. The molecule has 0 bridgehead atoms. The molecule has 0 amide bonds. The Kier molecular flexibility index (Phi) is 5.57. The van der Waals surface area contributed by atoms with Gasteiger partial charge in [-0.1, -0.05) is 29.8 Å². The van der Waals surface area contributed by atoms with Gasteiger partial charge in [0, 0.05) is 25.7 Å². The minimum Gasteiger partial charge on any atom is -0.363 e. The standard InChI is InChI=1S/C20H18ClF3N6O/c1-29(9-12-4-2-3-5-14(12)20(22,23)24)18-13-6-7-30(10-15(13)25-11-26-18)16-8-27-28-19(31)17(16)21/h2-5,8,11H,6-7,9-10H2,1H3,(H,28,31). The normalized spacial score (nSPS) is 13.8. The van der Waals surface area contributed by atoms with Crippen molar-refractivity contribution in [2.24, 2.45) is 0 Å². The molecular weight excluding hydrogens is 433 g/mol. The molecule has 0 saturated heterocycles. The van der Waals surface area contributed by atoms with E-state index >= 15 is 0 Å². The maximum atomic E-state index is 13.3. The third-order valence-electron chi connectivity index (χ3n) is 5.19. The summed E-state index contributed by atoms with van der Waals surface area (Å²) >= 11 is 6.12. The fourth-order valence-corrected chi connectivity index (χ4v) is 3.94. The number of nitrogens with zero attached hydrogens (tertiary/aromatic N) is 5. The summed E-state index contributed by atoms with van der Waals surface area (Å²) in [5, 5.41) is 6.13. The van der Waals surface area contributed by atoms with Crippen LogP contribution in [0.25, 0.3) is 0 Å². The van der Waals surface area contributed by atoms with Crippen LogP contribution in [-0.4, -0.2) is 33.8 Å². The van der Waals surface area contributed by atoms with Crippen molar-refractivity contribution in [2.75, 3.05) is 23.4 Å². The van der Waals surface area contributed by atoms with Crippen molar-refractivity contribution in [2.45, 2.75) is 25.7 Å². The molecule has 1 N–H and O–H groups in total. The number of hydrogen-bond donors (Lipinski definition) is 1. The van der Waals surface area contributed by atoms with Crippen LogP contribution in [0.2, 0.25) is 5.02 Å². The van der Waals surface area contributed by atoms with Crippen LogP contribution >= 0.6 is 11.6 Å². The maximum Gasteiger partial charge on any atom is 0.416 e. The van der Waals surface area contributed by atoms with Crippen molar-refractivity contribution in [3.05, 3.63) is 74.6 Å². The molecule has 0 radical (unpaired) electrons. The van der Waals surface area contributed by atoms with Gasteiger partial charge in [-0.25, -0.2) is 15.1 Å². The van der Waals surface area contributed by atoms with Crippen molar-refractivity contribution in [1.82, 2.24) is 20.2 Å². The van der Waals surface area contributed by atoms with Crippen molar-refractivity contribution in [1.29, 1.82) is 0 Å². The van der Waals surface area contributed by atoms with E-state index in [2.05, 4.69) is 20.2 Å². The highest BCUT2D eigenvalue weighted by Crippen LogP contribution is 2.34. The Hall–Kier alpha value is -3.14. The van der Waals surface area contributed by atoms with Crippen LogP contribution in [0.5, 0.6) is 0 Å². The lowest BCUT2D eigenvalue weighted by Gasteiger charge is -2.32. The third-order valence-corrected chi connectivity index (χ3v) is 5.56. The first-order valence-electron chi connectivity index (χ1n) is 9.43. The van der Waals surface area contributed by atoms with Gasteiger partial charge in [0.2, 0.25) is 0 Å². The van der Waals surface area contributed by atoms with Gasteiger partial charge in [0.15, 0.2) is 0 Å². The Morgan fingerprint density at radius 2 is 2.03 bits per heavy atom. The second-order valence-electron chi connectivity index (χ2n) is 7.20. The summed E-state index contributed by atoms with van der Waals surface area (Å²) in [4.78, 5) is 24.0. The quantitative estimate of drug-likeness (QED) is 0.656. The summed E-state index contributed by atoms with van der Waals surface area (Å²) in [6, 6.07) is 5.51. The third kappa shape index (κ3) is 4.20. The van der Waals surface area contributed by atoms with E-state index in [9.17, 15) is 18.0 Å². The molecule has 1 aromatic carbocycles. The molecule has 3 aromatic rings. The monoisotopic (exact) mass is 450 g/mol. The highest BCUT2D eigenvalue weighted by molar-refractivity contribution is 6.33. The van der Waals surface area contributed by atoms with Crippen LogP contribution in [0, 0.1) is 0 Å². The smallest absolute Gasteiger partial charge is 0.363 e. The molecule has 2 aromatic heterocycles. The number of H-pyrrole nitrogens is 1. The molecule has 3 heterocycles. The number of benzene rings is 1. The van der Waals surface area contributed by atoms with E-state index in [1.807, 2.05) is 4.90 Å². The number of nitrogens with one attached hydrogen (secondary N) is 1. The summed E-state index contributed by atoms with van der Waals surface area (Å²) < 4.78 is 40.0. The number of fused-ring (bicyclic) bond motifs is 1. The van der Waals surface area contributed by atoms with Gasteiger partial charge in [-0.05, 0) is 18.1 Å². The minimum absolute atomic E-state index is 0.0483. The number of alkyl halides is 3. The van der Waals surface area contributed by atoms with Gasteiger partial charge < -0.3 is 9.80 Å². The van der Waals surface area contributed by atoms with E-state index in [-0.39, 0.29) is 17.1 Å². The molecule has 1 aliphatic rings. The highest BCUT2D eigenvalue weighted by Gasteiger charge is 2.33. The molecule has 4 rings (SSSR count). The minimum atomic E-state index is -4.43. The highest BCUT2D eigenvalue weighted by atomic mass is 35.5. The summed E-state index contributed by atoms with van der Waals surface area (Å²) in [6.07, 6.45) is -1.01. The number of aromatic amines is 1. The number of aromatic nitrogens is 4. The lowest BCUT2D eigenvalue weighted by molar-refractivity contribution is -0.138. The maximum absolute atomic E-state index is 13.3. The van der Waals surface area contributed by atoms with Crippen LogP contribution in [-0.2, 0) is 25.7 Å². The molecule has 0 aliphatic carbocycles. The van der Waals surface area contributed by atoms with E-state index in [4.69, 9.17) is 11.6 Å². The van der Waals surface area contributed by atoms with Crippen molar-refractivity contribution in [3.8, 4) is 0 Å². The second kappa shape index (κ2) is 8.18. The molecule has 0 saturated carbocycles. The zero-order valence-electron chi connectivity index (χ0n) is 16.4. The first kappa shape index (κ1) is 21.1. The molecule has 0 fully saturated rings. The predicted molar refractivity (Wildman–Crippen MR) is 110 cm³/mol. The Morgan fingerprint density at radius 3 is 2.81 bits per heavy atom. The van der Waals surface area contributed by atoms with Gasteiger partial charge in [-0.2, -0.15) is 18.3 Å². The van der Waals surface area contributed by atoms with Gasteiger partial charge in [0.1, 0.15) is 17.2 Å². The van der Waals surface area contributed by atoms with Crippen molar-refractivity contribution < 1.29 is 13.2 Å². The van der Waals surface area contributed by atoms with Crippen molar-refractivity contribution in [3.63, 3.8) is 0 Å². The van der Waals surface area contributed by atoms with Gasteiger partial charge in [-0.3, -0.25) is 4.79 Å². The lowest BCUT2D eigenvalue weighted by Crippen LogP contribution is -2.34. The fraction of sp³-hybridized carbons (Fsp3) is 0.300. The molecule has 0 atom stereocenters. The van der Waals surface area contributed by atoms with E-state index in [0.29, 0.717) is 31.0 Å². The molecule has 0 unspecified atom stereocenters. The average Bonchev–Trinajstić information content (AvgIpc) is 2.74. The van der Waals surface area contributed by atoms with Gasteiger partial charge in [0.25, 0.3) is 5.56 Å². The number of anilines is 2. The lowest BCUT2D eigenvalue weighted by atomic mass is 10.0. The zero-order chi connectivity index (χ0) is 22.2. The molecule has 0 spiro atoms. The summed E-state index contributed by atoms with van der Waals surface area (Å²) in [5.41, 5.74) is 1.12. The average molecular weight is 451 g/mol. The van der Waals surface area contributed by atoms with Gasteiger partial charge in [-0.15, -0.1) is 0 Å². The SMILES string of the molecule is CN(Cc1ccccc1C(F)(F)F)c1ncnc2c1CCN(c1cn[nH]c(=O)c1Cl)C2. The predicted octanol–water partition coefficient (Wildman–Crippen LogP) is 3.43. The summed E-state index contributed by atoms with van der Waals surface area (Å²) in [6.45, 7) is 0.959. The van der Waals surface area contributed by atoms with E-state index in [1.54, 1.807) is 18.0 Å². The Balaban J connectivity index is 1.61. The fourth-order valence-electron chi connectivity index (χ4n) is 3.73. The Bertz CT molecular complexity index is 1170. The van der Waals surface area contributed by atoms with Gasteiger partial charge in [0.05, 0.1) is 29.7 Å². The van der Waals surface area contributed by atoms with E-state index in [1.165, 1.54) is 24.7 Å². The van der Waals surface area contributed by atoms with Crippen LogP contribution in [0.4, 0.5) is 24.7 Å². The largest absolute Gasteiger partial charge is 0.416 e. The molecule has 31 heavy (non-hydrogen) atoms. The van der Waals surface area contributed by atoms with Crippen LogP contribution in [0.1, 0.15) is 22.4 Å². The second-order valence-corrected chi connectivity index (χ2v) is 7.58. The Labute approximate surface area is 180 Å². The van der Waals surface area contributed by atoms with Crippen LogP contribution in [0.3, 0.4) is 0 Å². The first-order chi connectivity index (χ1) is 14.8. The summed E-state index contributed by atoms with van der Waals surface area (Å²) in [7, 11) is 1.71. The van der Waals surface area contributed by atoms with Crippen molar-refractivity contribution >= 4 is 23.1 Å². The molecule has 1 aliphatic heterocycles. The molecule has 11 heteroatoms. The van der Waals surface area contributed by atoms with Crippen LogP contribution in [0.15, 0.2) is 41.6 Å². The van der Waals surface area contributed by atoms with Gasteiger partial charge >= 0.3 is 6.18 Å². The zero-order valence-corrected chi connectivity index (χ0v) is 17.2. The Morgan fingerprint density at radius 1 is 1.26 bits per heavy atom. The van der Waals surface area contributed by atoms with Crippen LogP contribution < -0.4 is 15.4 Å². The number of rotatable bonds is 4. The topological polar surface area (TPSA) is 78.0 Å². The number of halogens is 4.